The fourth-order valence-electron chi connectivity index (χ4n) is 1.59. The molecule has 0 radical (unpaired) electrons. The van der Waals surface area contributed by atoms with Crippen LogP contribution in [0.2, 0.25) is 0 Å². The molecule has 1 aromatic carbocycles. The first-order valence-electron chi connectivity index (χ1n) is 5.04. The lowest BCUT2D eigenvalue weighted by atomic mass is 10.1. The van der Waals surface area contributed by atoms with Crippen LogP contribution in [0.3, 0.4) is 0 Å². The minimum atomic E-state index is -0.418. The average Bonchev–Trinajstić information content (AvgIpc) is 2.29. The molecule has 0 unspecified atom stereocenters. The van der Waals surface area contributed by atoms with E-state index in [1.165, 1.54) is 0 Å². The van der Waals surface area contributed by atoms with Gasteiger partial charge in [-0.2, -0.15) is 0 Å². The lowest BCUT2D eigenvalue weighted by molar-refractivity contribution is 0.0522. The van der Waals surface area contributed by atoms with E-state index in [0.717, 1.165) is 10.8 Å². The van der Waals surface area contributed by atoms with Gasteiger partial charge in [0.2, 0.25) is 0 Å². The highest BCUT2D eigenvalue weighted by Gasteiger charge is 2.12. The van der Waals surface area contributed by atoms with Gasteiger partial charge in [-0.1, -0.05) is 12.1 Å². The molecular formula is C12H12N2O2. The molecule has 0 bridgehead atoms. The van der Waals surface area contributed by atoms with Crippen molar-refractivity contribution in [3.63, 3.8) is 0 Å². The summed E-state index contributed by atoms with van der Waals surface area (Å²) in [5, 5.41) is 1.54. The van der Waals surface area contributed by atoms with Gasteiger partial charge < -0.3 is 10.5 Å². The maximum Gasteiger partial charge on any atom is 0.357 e. The average molecular weight is 216 g/mol. The number of ether oxygens (including phenoxy) is 1. The predicted molar refractivity (Wildman–Crippen MR) is 62.1 cm³/mol. The molecule has 2 rings (SSSR count). The second-order valence-electron chi connectivity index (χ2n) is 3.32. The Labute approximate surface area is 93.0 Å². The van der Waals surface area contributed by atoms with E-state index in [1.807, 2.05) is 6.07 Å². The normalized spacial score (nSPS) is 10.3. The van der Waals surface area contributed by atoms with Gasteiger partial charge in [0.15, 0.2) is 5.69 Å². The summed E-state index contributed by atoms with van der Waals surface area (Å²) in [6.45, 7) is 2.09. The number of benzene rings is 1. The van der Waals surface area contributed by atoms with E-state index in [2.05, 4.69) is 4.98 Å². The highest BCUT2D eigenvalue weighted by molar-refractivity contribution is 6.05. The minimum Gasteiger partial charge on any atom is -0.461 e. The van der Waals surface area contributed by atoms with Crippen LogP contribution in [0.15, 0.2) is 30.5 Å². The summed E-state index contributed by atoms with van der Waals surface area (Å²) >= 11 is 0. The van der Waals surface area contributed by atoms with Gasteiger partial charge in [0, 0.05) is 22.7 Å². The number of hydrogen-bond acceptors (Lipinski definition) is 4. The van der Waals surface area contributed by atoms with E-state index in [9.17, 15) is 4.79 Å². The third-order valence-electron chi connectivity index (χ3n) is 2.31. The van der Waals surface area contributed by atoms with Crippen LogP contribution in [0.25, 0.3) is 10.8 Å². The van der Waals surface area contributed by atoms with Gasteiger partial charge >= 0.3 is 5.97 Å². The monoisotopic (exact) mass is 216 g/mol. The van der Waals surface area contributed by atoms with Gasteiger partial charge in [0.05, 0.1) is 6.61 Å². The van der Waals surface area contributed by atoms with Crippen molar-refractivity contribution in [2.45, 2.75) is 6.92 Å². The van der Waals surface area contributed by atoms with Crippen molar-refractivity contribution < 1.29 is 9.53 Å². The van der Waals surface area contributed by atoms with Crippen molar-refractivity contribution in [2.24, 2.45) is 0 Å². The number of esters is 1. The number of rotatable bonds is 2. The van der Waals surface area contributed by atoms with E-state index >= 15 is 0 Å². The number of nitrogen functional groups attached to an aromatic ring is 1. The number of anilines is 1. The molecule has 2 N–H and O–H groups in total. The summed E-state index contributed by atoms with van der Waals surface area (Å²) in [5.41, 5.74) is 6.76. The Bertz CT molecular complexity index is 538. The zero-order valence-electron chi connectivity index (χ0n) is 8.93. The number of pyridine rings is 1. The largest absolute Gasteiger partial charge is 0.461 e. The molecule has 0 aliphatic carbocycles. The smallest absolute Gasteiger partial charge is 0.357 e. The van der Waals surface area contributed by atoms with E-state index in [4.69, 9.17) is 10.5 Å². The van der Waals surface area contributed by atoms with Crippen LogP contribution in [0.5, 0.6) is 0 Å². The SMILES string of the molecule is CCOC(=O)c1nccc2c(N)cccc12. The quantitative estimate of drug-likeness (QED) is 0.616. The molecule has 0 fully saturated rings. The zero-order chi connectivity index (χ0) is 11.5. The Hall–Kier alpha value is -2.10. The molecular weight excluding hydrogens is 204 g/mol. The molecule has 0 saturated carbocycles. The van der Waals surface area contributed by atoms with Crippen LogP contribution in [-0.4, -0.2) is 17.6 Å². The van der Waals surface area contributed by atoms with Gasteiger partial charge in [0.1, 0.15) is 0 Å². The van der Waals surface area contributed by atoms with Crippen molar-refractivity contribution in [3.05, 3.63) is 36.2 Å². The van der Waals surface area contributed by atoms with E-state index < -0.39 is 5.97 Å². The summed E-state index contributed by atoms with van der Waals surface area (Å²) in [4.78, 5) is 15.7. The standard InChI is InChI=1S/C12H12N2O2/c1-2-16-12(15)11-9-4-3-5-10(13)8(9)6-7-14-11/h3-7H,2,13H2,1H3. The van der Waals surface area contributed by atoms with E-state index in [-0.39, 0.29) is 0 Å². The summed E-state index contributed by atoms with van der Waals surface area (Å²) in [6, 6.07) is 7.18. The summed E-state index contributed by atoms with van der Waals surface area (Å²) in [5.74, 6) is -0.418. The molecule has 0 spiro atoms. The molecule has 0 saturated heterocycles. The second kappa shape index (κ2) is 4.18. The number of nitrogens with zero attached hydrogens (tertiary/aromatic N) is 1. The van der Waals surface area contributed by atoms with E-state index in [1.54, 1.807) is 31.3 Å². The van der Waals surface area contributed by atoms with Crippen molar-refractivity contribution >= 4 is 22.4 Å². The summed E-state index contributed by atoms with van der Waals surface area (Å²) in [6.07, 6.45) is 1.56. The third-order valence-corrected chi connectivity index (χ3v) is 2.31. The van der Waals surface area contributed by atoms with Gasteiger partial charge in [0.25, 0.3) is 0 Å². The lowest BCUT2D eigenvalue weighted by Gasteiger charge is -2.06. The molecule has 16 heavy (non-hydrogen) atoms. The van der Waals surface area contributed by atoms with E-state index in [0.29, 0.717) is 18.0 Å². The second-order valence-corrected chi connectivity index (χ2v) is 3.32. The Kier molecular flexibility index (Phi) is 2.72. The number of nitrogens with two attached hydrogens (primary N) is 1. The van der Waals surface area contributed by atoms with Gasteiger partial charge in [-0.25, -0.2) is 9.78 Å². The molecule has 4 heteroatoms. The minimum absolute atomic E-state index is 0.312. The number of fused-ring (bicyclic) bond motifs is 1. The number of carbonyl (C=O) groups is 1. The summed E-state index contributed by atoms with van der Waals surface area (Å²) in [7, 11) is 0. The van der Waals surface area contributed by atoms with Crippen LogP contribution in [-0.2, 0) is 4.74 Å². The molecule has 4 nitrogen and oxygen atoms in total. The highest BCUT2D eigenvalue weighted by atomic mass is 16.5. The first-order valence-corrected chi connectivity index (χ1v) is 5.04. The molecule has 1 aromatic heterocycles. The van der Waals surface area contributed by atoms with Crippen molar-refractivity contribution in [1.29, 1.82) is 0 Å². The van der Waals surface area contributed by atoms with Gasteiger partial charge in [-0.05, 0) is 19.1 Å². The number of carbonyl (C=O) groups excluding carboxylic acids is 1. The first-order chi connectivity index (χ1) is 7.74. The predicted octanol–water partition coefficient (Wildman–Crippen LogP) is 1.99. The van der Waals surface area contributed by atoms with Crippen molar-refractivity contribution in [2.75, 3.05) is 12.3 Å². The summed E-state index contributed by atoms with van der Waals surface area (Å²) < 4.78 is 4.93. The Balaban J connectivity index is 2.62. The van der Waals surface area contributed by atoms with Crippen LogP contribution in [0.4, 0.5) is 5.69 Å². The maximum absolute atomic E-state index is 11.6. The van der Waals surface area contributed by atoms with Gasteiger partial charge in [-0.3, -0.25) is 0 Å². The fourth-order valence-corrected chi connectivity index (χ4v) is 1.59. The molecule has 0 amide bonds. The Morgan fingerprint density at radius 3 is 2.94 bits per heavy atom. The van der Waals surface area contributed by atoms with Gasteiger partial charge in [-0.15, -0.1) is 0 Å². The lowest BCUT2D eigenvalue weighted by Crippen LogP contribution is -2.07. The molecule has 0 aliphatic heterocycles. The fraction of sp³-hybridized carbons (Fsp3) is 0.167. The van der Waals surface area contributed by atoms with Crippen LogP contribution < -0.4 is 5.73 Å². The maximum atomic E-state index is 11.6. The topological polar surface area (TPSA) is 65.2 Å². The third kappa shape index (κ3) is 1.69. The number of hydrogen-bond donors (Lipinski definition) is 1. The zero-order valence-corrected chi connectivity index (χ0v) is 8.93. The Morgan fingerprint density at radius 2 is 2.19 bits per heavy atom. The molecule has 82 valence electrons. The molecule has 2 aromatic rings. The van der Waals surface area contributed by atoms with Crippen molar-refractivity contribution in [1.82, 2.24) is 4.98 Å². The number of aromatic nitrogens is 1. The van der Waals surface area contributed by atoms with Crippen LogP contribution in [0, 0.1) is 0 Å². The highest BCUT2D eigenvalue weighted by Crippen LogP contribution is 2.22. The van der Waals surface area contributed by atoms with Crippen LogP contribution in [0.1, 0.15) is 17.4 Å². The van der Waals surface area contributed by atoms with Crippen molar-refractivity contribution in [3.8, 4) is 0 Å². The molecule has 1 heterocycles. The molecule has 0 atom stereocenters. The Morgan fingerprint density at radius 1 is 1.38 bits per heavy atom. The molecule has 0 aliphatic rings. The first kappa shape index (κ1) is 10.4. The van der Waals surface area contributed by atoms with Crippen LogP contribution >= 0.6 is 0 Å².